The van der Waals surface area contributed by atoms with Gasteiger partial charge in [-0.1, -0.05) is 6.92 Å². The van der Waals surface area contributed by atoms with Crippen LogP contribution in [-0.2, 0) is 11.3 Å². The number of carbonyl (C=O) groups excluding carboxylic acids is 1. The first-order valence-corrected chi connectivity index (χ1v) is 6.43. The third-order valence-corrected chi connectivity index (χ3v) is 3.84. The molecule has 0 radical (unpaired) electrons. The average Bonchev–Trinajstić information content (AvgIpc) is 2.72. The second kappa shape index (κ2) is 4.19. The zero-order valence-electron chi connectivity index (χ0n) is 10.6. The van der Waals surface area contributed by atoms with E-state index in [1.54, 1.807) is 6.20 Å². The van der Waals surface area contributed by atoms with Crippen molar-refractivity contribution in [3.05, 3.63) is 24.8 Å². The SMILES string of the molecule is C[C@]1(Cn2cnc3ccncc32)CCCC(=O)C1. The molecule has 0 aromatic carbocycles. The van der Waals surface area contributed by atoms with Crippen LogP contribution >= 0.6 is 0 Å². The number of hydrogen-bond donors (Lipinski definition) is 0. The van der Waals surface area contributed by atoms with Gasteiger partial charge in [0, 0.05) is 25.6 Å². The van der Waals surface area contributed by atoms with Gasteiger partial charge < -0.3 is 4.57 Å². The summed E-state index contributed by atoms with van der Waals surface area (Å²) in [7, 11) is 0. The van der Waals surface area contributed by atoms with Crippen LogP contribution in [0, 0.1) is 5.41 Å². The topological polar surface area (TPSA) is 47.8 Å². The number of pyridine rings is 1. The Bertz CT molecular complexity index is 589. The van der Waals surface area contributed by atoms with Gasteiger partial charge in [-0.25, -0.2) is 4.98 Å². The molecule has 0 aliphatic heterocycles. The Morgan fingerprint density at radius 3 is 3.22 bits per heavy atom. The van der Waals surface area contributed by atoms with E-state index in [0.29, 0.717) is 12.2 Å². The molecule has 1 aliphatic rings. The number of nitrogens with zero attached hydrogens (tertiary/aromatic N) is 3. The molecular formula is C14H17N3O. The molecule has 0 unspecified atom stereocenters. The Morgan fingerprint density at radius 1 is 1.50 bits per heavy atom. The maximum absolute atomic E-state index is 11.6. The fraction of sp³-hybridized carbons (Fsp3) is 0.500. The summed E-state index contributed by atoms with van der Waals surface area (Å²) in [5, 5.41) is 0. The maximum atomic E-state index is 11.6. The fourth-order valence-corrected chi connectivity index (χ4v) is 2.94. The summed E-state index contributed by atoms with van der Waals surface area (Å²) in [6.45, 7) is 3.05. The van der Waals surface area contributed by atoms with E-state index in [0.717, 1.165) is 36.8 Å². The quantitative estimate of drug-likeness (QED) is 0.814. The number of aromatic nitrogens is 3. The summed E-state index contributed by atoms with van der Waals surface area (Å²) in [6.07, 6.45) is 9.02. The van der Waals surface area contributed by atoms with Crippen LogP contribution < -0.4 is 0 Å². The smallest absolute Gasteiger partial charge is 0.133 e. The Kier molecular flexibility index (Phi) is 2.65. The third kappa shape index (κ3) is 2.03. The normalized spacial score (nSPS) is 24.6. The van der Waals surface area contributed by atoms with Crippen LogP contribution in [0.3, 0.4) is 0 Å². The molecule has 1 aliphatic carbocycles. The van der Waals surface area contributed by atoms with Crippen LogP contribution in [0.5, 0.6) is 0 Å². The van der Waals surface area contributed by atoms with E-state index in [1.165, 1.54) is 0 Å². The minimum absolute atomic E-state index is 0.0683. The second-order valence-electron chi connectivity index (χ2n) is 5.62. The Balaban J connectivity index is 1.89. The summed E-state index contributed by atoms with van der Waals surface area (Å²) < 4.78 is 2.13. The van der Waals surface area contributed by atoms with Crippen molar-refractivity contribution in [1.82, 2.24) is 14.5 Å². The van der Waals surface area contributed by atoms with Gasteiger partial charge in [-0.05, 0) is 24.3 Å². The van der Waals surface area contributed by atoms with Gasteiger partial charge in [0.05, 0.1) is 23.6 Å². The summed E-state index contributed by atoms with van der Waals surface area (Å²) in [4.78, 5) is 20.2. The molecular weight excluding hydrogens is 226 g/mol. The van der Waals surface area contributed by atoms with E-state index in [9.17, 15) is 4.79 Å². The minimum atomic E-state index is 0.0683. The van der Waals surface area contributed by atoms with Crippen LogP contribution in [0.25, 0.3) is 11.0 Å². The highest BCUT2D eigenvalue weighted by molar-refractivity contribution is 5.80. The molecule has 2 aromatic heterocycles. The maximum Gasteiger partial charge on any atom is 0.133 e. The summed E-state index contributed by atoms with van der Waals surface area (Å²) >= 11 is 0. The van der Waals surface area contributed by atoms with Gasteiger partial charge in [0.2, 0.25) is 0 Å². The van der Waals surface area contributed by atoms with Crippen LogP contribution in [-0.4, -0.2) is 20.3 Å². The molecule has 0 amide bonds. The lowest BCUT2D eigenvalue weighted by molar-refractivity contribution is -0.123. The molecule has 94 valence electrons. The van der Waals surface area contributed by atoms with Crippen LogP contribution in [0.2, 0.25) is 0 Å². The number of rotatable bonds is 2. The van der Waals surface area contributed by atoms with Gasteiger partial charge in [-0.3, -0.25) is 9.78 Å². The number of imidazole rings is 1. The molecule has 1 saturated carbocycles. The first kappa shape index (κ1) is 11.4. The third-order valence-electron chi connectivity index (χ3n) is 3.84. The lowest BCUT2D eigenvalue weighted by atomic mass is 9.75. The molecule has 1 atom stereocenters. The molecule has 4 nitrogen and oxygen atoms in total. The highest BCUT2D eigenvalue weighted by Crippen LogP contribution is 2.36. The molecule has 1 fully saturated rings. The van der Waals surface area contributed by atoms with Gasteiger partial charge in [0.1, 0.15) is 5.78 Å². The van der Waals surface area contributed by atoms with Gasteiger partial charge >= 0.3 is 0 Å². The van der Waals surface area contributed by atoms with E-state index < -0.39 is 0 Å². The van der Waals surface area contributed by atoms with Gasteiger partial charge in [0.15, 0.2) is 0 Å². The van der Waals surface area contributed by atoms with E-state index >= 15 is 0 Å². The van der Waals surface area contributed by atoms with Gasteiger partial charge in [-0.2, -0.15) is 0 Å². The minimum Gasteiger partial charge on any atom is -0.329 e. The van der Waals surface area contributed by atoms with Crippen molar-refractivity contribution in [2.45, 2.75) is 39.2 Å². The number of hydrogen-bond acceptors (Lipinski definition) is 3. The lowest BCUT2D eigenvalue weighted by Crippen LogP contribution is -2.30. The number of Topliss-reactive ketones (excluding diaryl/α,β-unsaturated/α-hetero) is 1. The van der Waals surface area contributed by atoms with Crippen molar-refractivity contribution in [3.8, 4) is 0 Å². The predicted molar refractivity (Wildman–Crippen MR) is 69.1 cm³/mol. The largest absolute Gasteiger partial charge is 0.329 e. The first-order chi connectivity index (χ1) is 8.66. The molecule has 0 bridgehead atoms. The Labute approximate surface area is 106 Å². The molecule has 3 rings (SSSR count). The predicted octanol–water partition coefficient (Wildman–Crippen LogP) is 2.58. The van der Waals surface area contributed by atoms with Gasteiger partial charge in [0.25, 0.3) is 0 Å². The van der Waals surface area contributed by atoms with Crippen molar-refractivity contribution in [2.75, 3.05) is 0 Å². The molecule has 0 N–H and O–H groups in total. The highest BCUT2D eigenvalue weighted by Gasteiger charge is 2.31. The highest BCUT2D eigenvalue weighted by atomic mass is 16.1. The first-order valence-electron chi connectivity index (χ1n) is 6.43. The van der Waals surface area contributed by atoms with E-state index in [-0.39, 0.29) is 5.41 Å². The molecule has 2 heterocycles. The number of fused-ring (bicyclic) bond motifs is 1. The average molecular weight is 243 g/mol. The molecule has 0 spiro atoms. The van der Waals surface area contributed by atoms with E-state index in [1.807, 2.05) is 18.6 Å². The number of carbonyl (C=O) groups is 1. The van der Waals surface area contributed by atoms with Crippen molar-refractivity contribution in [1.29, 1.82) is 0 Å². The second-order valence-corrected chi connectivity index (χ2v) is 5.62. The zero-order valence-corrected chi connectivity index (χ0v) is 10.6. The van der Waals surface area contributed by atoms with Crippen LogP contribution in [0.15, 0.2) is 24.8 Å². The molecule has 18 heavy (non-hydrogen) atoms. The standard InChI is InChI=1S/C14H17N3O/c1-14(5-2-3-11(18)7-14)9-17-10-16-12-4-6-15-8-13(12)17/h4,6,8,10H,2-3,5,7,9H2,1H3/t14-/m0/s1. The summed E-state index contributed by atoms with van der Waals surface area (Å²) in [5.41, 5.74) is 2.09. The Morgan fingerprint density at radius 2 is 2.39 bits per heavy atom. The van der Waals surface area contributed by atoms with Crippen molar-refractivity contribution in [2.24, 2.45) is 5.41 Å². The lowest BCUT2D eigenvalue weighted by Gasteiger charge is -2.33. The van der Waals surface area contributed by atoms with Crippen molar-refractivity contribution in [3.63, 3.8) is 0 Å². The number of ketones is 1. The summed E-state index contributed by atoms with van der Waals surface area (Å²) in [6, 6.07) is 1.92. The molecule has 4 heteroatoms. The monoisotopic (exact) mass is 243 g/mol. The van der Waals surface area contributed by atoms with Crippen LogP contribution in [0.4, 0.5) is 0 Å². The zero-order chi connectivity index (χ0) is 12.6. The van der Waals surface area contributed by atoms with E-state index in [4.69, 9.17) is 0 Å². The summed E-state index contributed by atoms with van der Waals surface area (Å²) in [5.74, 6) is 0.395. The molecule has 0 saturated heterocycles. The fourth-order valence-electron chi connectivity index (χ4n) is 2.94. The van der Waals surface area contributed by atoms with Crippen molar-refractivity contribution >= 4 is 16.8 Å². The van der Waals surface area contributed by atoms with E-state index in [2.05, 4.69) is 21.5 Å². The van der Waals surface area contributed by atoms with Crippen molar-refractivity contribution < 1.29 is 4.79 Å². The van der Waals surface area contributed by atoms with Gasteiger partial charge in [-0.15, -0.1) is 0 Å². The molecule has 2 aromatic rings. The Hall–Kier alpha value is -1.71. The van der Waals surface area contributed by atoms with Crippen LogP contribution in [0.1, 0.15) is 32.6 Å².